The van der Waals surface area contributed by atoms with Crippen molar-refractivity contribution in [1.29, 1.82) is 0 Å². The summed E-state index contributed by atoms with van der Waals surface area (Å²) in [6.07, 6.45) is -2.38. The summed E-state index contributed by atoms with van der Waals surface area (Å²) in [6, 6.07) is 2.08. The zero-order chi connectivity index (χ0) is 19.4. The second-order valence-electron chi connectivity index (χ2n) is 6.32. The monoisotopic (exact) mass is 386 g/mol. The van der Waals surface area contributed by atoms with E-state index in [9.17, 15) is 22.4 Å². The predicted octanol–water partition coefficient (Wildman–Crippen LogP) is 1.74. The molecule has 146 valence electrons. The molecule has 0 spiro atoms. The van der Waals surface area contributed by atoms with Gasteiger partial charge in [-0.15, -0.1) is 5.10 Å². The summed E-state index contributed by atoms with van der Waals surface area (Å²) in [7, 11) is 0. The third kappa shape index (κ3) is 5.00. The number of benzene rings is 1. The van der Waals surface area contributed by atoms with Crippen molar-refractivity contribution in [1.82, 2.24) is 30.4 Å². The van der Waals surface area contributed by atoms with E-state index in [1.807, 2.05) is 0 Å². The standard InChI is InChI=1S/C16H18F4N6O/c17-13-4-3-12(16(18,19)20)7-11(13)8-21-15(27)10-26-14(22-23-24-26)9-25-5-1-2-6-25/h3-4,7H,1-2,5-6,8-10H2,(H,21,27). The molecule has 1 aromatic carbocycles. The van der Waals surface area contributed by atoms with E-state index in [1.54, 1.807) is 0 Å². The van der Waals surface area contributed by atoms with Crippen molar-refractivity contribution in [2.75, 3.05) is 13.1 Å². The minimum absolute atomic E-state index is 0.198. The van der Waals surface area contributed by atoms with Crippen LogP contribution in [0.4, 0.5) is 17.6 Å². The van der Waals surface area contributed by atoms with Gasteiger partial charge in [-0.1, -0.05) is 0 Å². The highest BCUT2D eigenvalue weighted by molar-refractivity contribution is 5.75. The first-order valence-electron chi connectivity index (χ1n) is 8.42. The first kappa shape index (κ1) is 19.2. The Labute approximate surface area is 152 Å². The summed E-state index contributed by atoms with van der Waals surface area (Å²) in [5.41, 5.74) is -1.21. The molecule has 0 saturated carbocycles. The number of carbonyl (C=O) groups is 1. The number of nitrogens with one attached hydrogen (secondary N) is 1. The largest absolute Gasteiger partial charge is 0.416 e. The molecular weight excluding hydrogens is 368 g/mol. The first-order valence-corrected chi connectivity index (χ1v) is 8.42. The summed E-state index contributed by atoms with van der Waals surface area (Å²) in [4.78, 5) is 14.2. The Morgan fingerprint density at radius 1 is 1.22 bits per heavy atom. The van der Waals surface area contributed by atoms with Crippen LogP contribution in [0.1, 0.15) is 29.8 Å². The van der Waals surface area contributed by atoms with E-state index in [4.69, 9.17) is 0 Å². The third-order valence-electron chi connectivity index (χ3n) is 4.31. The summed E-state index contributed by atoms with van der Waals surface area (Å²) < 4.78 is 53.2. The predicted molar refractivity (Wildman–Crippen MR) is 85.6 cm³/mol. The number of hydrogen-bond acceptors (Lipinski definition) is 5. The van der Waals surface area contributed by atoms with Gasteiger partial charge in [0.15, 0.2) is 5.82 Å². The minimum atomic E-state index is -4.58. The highest BCUT2D eigenvalue weighted by Gasteiger charge is 2.31. The maximum absolute atomic E-state index is 13.7. The maximum Gasteiger partial charge on any atom is 0.416 e. The molecule has 27 heavy (non-hydrogen) atoms. The molecule has 0 atom stereocenters. The van der Waals surface area contributed by atoms with Crippen molar-refractivity contribution >= 4 is 5.91 Å². The topological polar surface area (TPSA) is 75.9 Å². The average Bonchev–Trinajstić information content (AvgIpc) is 3.26. The second kappa shape index (κ2) is 7.99. The molecule has 3 rings (SSSR count). The maximum atomic E-state index is 13.7. The van der Waals surface area contributed by atoms with Crippen LogP contribution in [-0.4, -0.2) is 44.1 Å². The van der Waals surface area contributed by atoms with Crippen LogP contribution in [0.3, 0.4) is 0 Å². The highest BCUT2D eigenvalue weighted by Crippen LogP contribution is 2.30. The molecule has 2 aromatic rings. The van der Waals surface area contributed by atoms with E-state index in [2.05, 4.69) is 25.7 Å². The molecule has 11 heteroatoms. The van der Waals surface area contributed by atoms with Crippen molar-refractivity contribution in [3.8, 4) is 0 Å². The number of rotatable bonds is 6. The molecule has 1 aliphatic rings. The van der Waals surface area contributed by atoms with Crippen LogP contribution in [0.5, 0.6) is 0 Å². The molecule has 1 fully saturated rings. The summed E-state index contributed by atoms with van der Waals surface area (Å²) in [5.74, 6) is -0.820. The number of halogens is 4. The summed E-state index contributed by atoms with van der Waals surface area (Å²) in [6.45, 7) is 1.83. The Hall–Kier alpha value is -2.56. The Kier molecular flexibility index (Phi) is 5.68. The van der Waals surface area contributed by atoms with Gasteiger partial charge in [0.25, 0.3) is 0 Å². The van der Waals surface area contributed by atoms with E-state index in [1.165, 1.54) is 4.68 Å². The normalized spacial score (nSPS) is 15.3. The van der Waals surface area contributed by atoms with Gasteiger partial charge in [0.1, 0.15) is 12.4 Å². The van der Waals surface area contributed by atoms with Crippen LogP contribution < -0.4 is 5.32 Å². The Balaban J connectivity index is 1.58. The Morgan fingerprint density at radius 3 is 2.67 bits per heavy atom. The number of carbonyl (C=O) groups excluding carboxylic acids is 1. The summed E-state index contributed by atoms with van der Waals surface area (Å²) >= 11 is 0. The molecule has 1 aliphatic heterocycles. The van der Waals surface area contributed by atoms with Crippen LogP contribution in [0, 0.1) is 5.82 Å². The number of alkyl halides is 3. The van der Waals surface area contributed by atoms with Gasteiger partial charge in [0.05, 0.1) is 12.1 Å². The van der Waals surface area contributed by atoms with Crippen LogP contribution in [0.2, 0.25) is 0 Å². The zero-order valence-electron chi connectivity index (χ0n) is 14.3. The van der Waals surface area contributed by atoms with Gasteiger partial charge >= 0.3 is 6.18 Å². The van der Waals surface area contributed by atoms with Crippen LogP contribution in [-0.2, 0) is 30.6 Å². The summed E-state index contributed by atoms with van der Waals surface area (Å²) in [5, 5.41) is 13.6. The fraction of sp³-hybridized carbons (Fsp3) is 0.500. The minimum Gasteiger partial charge on any atom is -0.350 e. The lowest BCUT2D eigenvalue weighted by Crippen LogP contribution is -2.30. The van der Waals surface area contributed by atoms with Gasteiger partial charge in [-0.2, -0.15) is 13.2 Å². The molecule has 0 bridgehead atoms. The molecule has 1 amide bonds. The van der Waals surface area contributed by atoms with E-state index in [0.29, 0.717) is 24.5 Å². The Bertz CT molecular complexity index is 800. The molecule has 1 saturated heterocycles. The number of hydrogen-bond donors (Lipinski definition) is 1. The molecule has 2 heterocycles. The van der Waals surface area contributed by atoms with Gasteiger partial charge in [-0.05, 0) is 54.6 Å². The Morgan fingerprint density at radius 2 is 1.96 bits per heavy atom. The van der Waals surface area contributed by atoms with Gasteiger partial charge in [0.2, 0.25) is 5.91 Å². The lowest BCUT2D eigenvalue weighted by Gasteiger charge is -2.14. The molecular formula is C16H18F4N6O. The number of amides is 1. The molecule has 1 N–H and O–H groups in total. The molecule has 7 nitrogen and oxygen atoms in total. The zero-order valence-corrected chi connectivity index (χ0v) is 14.3. The number of tetrazole rings is 1. The van der Waals surface area contributed by atoms with E-state index in [0.717, 1.165) is 32.0 Å². The SMILES string of the molecule is O=C(Cn1nnnc1CN1CCCC1)NCc1cc(C(F)(F)F)ccc1F. The number of aromatic nitrogens is 4. The van der Waals surface area contributed by atoms with Crippen molar-refractivity contribution in [2.24, 2.45) is 0 Å². The van der Waals surface area contributed by atoms with E-state index in [-0.39, 0.29) is 18.7 Å². The number of nitrogens with zero attached hydrogens (tertiary/aromatic N) is 5. The molecule has 1 aromatic heterocycles. The molecule has 0 unspecified atom stereocenters. The smallest absolute Gasteiger partial charge is 0.350 e. The van der Waals surface area contributed by atoms with Gasteiger partial charge < -0.3 is 5.32 Å². The van der Waals surface area contributed by atoms with Gasteiger partial charge in [0, 0.05) is 12.1 Å². The van der Waals surface area contributed by atoms with Gasteiger partial charge in [-0.25, -0.2) is 9.07 Å². The van der Waals surface area contributed by atoms with Crippen LogP contribution >= 0.6 is 0 Å². The van der Waals surface area contributed by atoms with Crippen LogP contribution in [0.15, 0.2) is 18.2 Å². The van der Waals surface area contributed by atoms with Crippen molar-refractivity contribution < 1.29 is 22.4 Å². The quantitative estimate of drug-likeness (QED) is 0.766. The van der Waals surface area contributed by atoms with Crippen molar-refractivity contribution in [2.45, 2.75) is 38.7 Å². The van der Waals surface area contributed by atoms with Crippen molar-refractivity contribution in [3.63, 3.8) is 0 Å². The van der Waals surface area contributed by atoms with Gasteiger partial charge in [-0.3, -0.25) is 9.69 Å². The lowest BCUT2D eigenvalue weighted by molar-refractivity contribution is -0.137. The van der Waals surface area contributed by atoms with E-state index >= 15 is 0 Å². The lowest BCUT2D eigenvalue weighted by atomic mass is 10.1. The van der Waals surface area contributed by atoms with Crippen molar-refractivity contribution in [3.05, 3.63) is 41.0 Å². The third-order valence-corrected chi connectivity index (χ3v) is 4.31. The number of likely N-dealkylation sites (tertiary alicyclic amines) is 1. The van der Waals surface area contributed by atoms with E-state index < -0.39 is 23.5 Å². The first-order chi connectivity index (χ1) is 12.8. The second-order valence-corrected chi connectivity index (χ2v) is 6.32. The molecule has 0 aliphatic carbocycles. The molecule has 0 radical (unpaired) electrons. The average molecular weight is 386 g/mol. The fourth-order valence-electron chi connectivity index (χ4n) is 2.87. The highest BCUT2D eigenvalue weighted by atomic mass is 19.4. The fourth-order valence-corrected chi connectivity index (χ4v) is 2.87. The van der Waals surface area contributed by atoms with Crippen LogP contribution in [0.25, 0.3) is 0 Å².